The number of hydrogen-bond acceptors (Lipinski definition) is 4. The number of carbonyl (C=O) groups is 2. The highest BCUT2D eigenvalue weighted by atomic mass is 32.1. The molecule has 5 nitrogen and oxygen atoms in total. The van der Waals surface area contributed by atoms with Crippen LogP contribution in [0.25, 0.3) is 10.6 Å². The number of aryl methyl sites for hydroxylation is 1. The number of thiophene rings is 1. The topological polar surface area (TPSA) is 79.3 Å². The molecule has 0 bridgehead atoms. The van der Waals surface area contributed by atoms with Crippen molar-refractivity contribution in [1.29, 1.82) is 0 Å². The number of carbonyl (C=O) groups excluding carboxylic acids is 1. The molecule has 0 fully saturated rings. The molecule has 6 heteroatoms. The second kappa shape index (κ2) is 7.87. The van der Waals surface area contributed by atoms with Gasteiger partial charge in [-0.25, -0.2) is 4.79 Å². The summed E-state index contributed by atoms with van der Waals surface area (Å²) in [6, 6.07) is 6.54. The largest absolute Gasteiger partial charge is 0.480 e. The van der Waals surface area contributed by atoms with E-state index in [1.807, 2.05) is 24.4 Å². The second-order valence-corrected chi connectivity index (χ2v) is 6.26. The summed E-state index contributed by atoms with van der Waals surface area (Å²) in [4.78, 5) is 29.1. The van der Waals surface area contributed by atoms with E-state index in [0.717, 1.165) is 23.4 Å². The van der Waals surface area contributed by atoms with Gasteiger partial charge in [0.25, 0.3) is 5.91 Å². The zero-order valence-electron chi connectivity index (χ0n) is 13.2. The van der Waals surface area contributed by atoms with Crippen molar-refractivity contribution in [3.63, 3.8) is 0 Å². The maximum Gasteiger partial charge on any atom is 0.326 e. The van der Waals surface area contributed by atoms with E-state index in [9.17, 15) is 14.7 Å². The van der Waals surface area contributed by atoms with E-state index in [2.05, 4.69) is 10.3 Å². The predicted octanol–water partition coefficient (Wildman–Crippen LogP) is 3.49. The predicted molar refractivity (Wildman–Crippen MR) is 90.7 cm³/mol. The molecule has 2 aromatic heterocycles. The molecule has 1 atom stereocenters. The van der Waals surface area contributed by atoms with Gasteiger partial charge in [-0.2, -0.15) is 0 Å². The summed E-state index contributed by atoms with van der Waals surface area (Å²) in [5, 5.41) is 13.8. The Balaban J connectivity index is 2.14. The van der Waals surface area contributed by atoms with Crippen LogP contribution in [0, 0.1) is 6.92 Å². The SMILES string of the molecule is CCCCC(NC(=O)c1ccc(-c2cccs2)nc1C)C(=O)O. The van der Waals surface area contributed by atoms with Gasteiger partial charge in [0.05, 0.1) is 21.8 Å². The van der Waals surface area contributed by atoms with Gasteiger partial charge in [0.1, 0.15) is 6.04 Å². The van der Waals surface area contributed by atoms with Crippen molar-refractivity contribution in [2.45, 2.75) is 39.2 Å². The van der Waals surface area contributed by atoms with Crippen LogP contribution in [0.4, 0.5) is 0 Å². The Kier molecular flexibility index (Phi) is 5.87. The van der Waals surface area contributed by atoms with E-state index >= 15 is 0 Å². The van der Waals surface area contributed by atoms with Crippen molar-refractivity contribution < 1.29 is 14.7 Å². The summed E-state index contributed by atoms with van der Waals surface area (Å²) in [6.07, 6.45) is 2.07. The summed E-state index contributed by atoms with van der Waals surface area (Å²) in [5.74, 6) is -1.40. The molecular weight excluding hydrogens is 312 g/mol. The third-order valence-electron chi connectivity index (χ3n) is 3.55. The Morgan fingerprint density at radius 3 is 2.70 bits per heavy atom. The average Bonchev–Trinajstić information content (AvgIpc) is 3.05. The van der Waals surface area contributed by atoms with Gasteiger partial charge in [0, 0.05) is 0 Å². The monoisotopic (exact) mass is 332 g/mol. The molecule has 2 aromatic rings. The molecule has 1 amide bonds. The van der Waals surface area contributed by atoms with Gasteiger partial charge in [0.2, 0.25) is 0 Å². The number of aliphatic carboxylic acids is 1. The quantitative estimate of drug-likeness (QED) is 0.813. The van der Waals surface area contributed by atoms with E-state index in [4.69, 9.17) is 0 Å². The molecule has 1 unspecified atom stereocenters. The highest BCUT2D eigenvalue weighted by molar-refractivity contribution is 7.13. The molecular formula is C17H20N2O3S. The van der Waals surface area contributed by atoms with Crippen molar-refractivity contribution in [3.8, 4) is 10.6 Å². The molecule has 0 saturated heterocycles. The van der Waals surface area contributed by atoms with Gasteiger partial charge in [-0.05, 0) is 36.9 Å². The molecule has 2 heterocycles. The van der Waals surface area contributed by atoms with E-state index < -0.39 is 17.9 Å². The van der Waals surface area contributed by atoms with Crippen LogP contribution in [0.1, 0.15) is 42.2 Å². The van der Waals surface area contributed by atoms with Gasteiger partial charge >= 0.3 is 5.97 Å². The first-order chi connectivity index (χ1) is 11.0. The first kappa shape index (κ1) is 17.1. The second-order valence-electron chi connectivity index (χ2n) is 5.31. The standard InChI is InChI=1S/C17H20N2O3S/c1-3-4-6-14(17(21)22)19-16(20)12-8-9-13(18-11(12)2)15-7-5-10-23-15/h5,7-10,14H,3-4,6H2,1-2H3,(H,19,20)(H,21,22). The Labute approximate surface area is 139 Å². The number of amides is 1. The van der Waals surface area contributed by atoms with Gasteiger partial charge < -0.3 is 10.4 Å². The number of nitrogens with one attached hydrogen (secondary N) is 1. The lowest BCUT2D eigenvalue weighted by Crippen LogP contribution is -2.41. The number of carboxylic acids is 1. The minimum Gasteiger partial charge on any atom is -0.480 e. The minimum absolute atomic E-state index is 0.392. The van der Waals surface area contributed by atoms with Gasteiger partial charge in [-0.1, -0.05) is 25.8 Å². The summed E-state index contributed by atoms with van der Waals surface area (Å²) in [7, 11) is 0. The molecule has 0 saturated carbocycles. The third kappa shape index (κ3) is 4.39. The number of aromatic nitrogens is 1. The number of rotatable bonds is 7. The molecule has 0 aliphatic heterocycles. The maximum atomic E-state index is 12.3. The van der Waals surface area contributed by atoms with Crippen LogP contribution < -0.4 is 5.32 Å². The fourth-order valence-electron chi connectivity index (χ4n) is 2.26. The van der Waals surface area contributed by atoms with E-state index in [1.54, 1.807) is 30.4 Å². The van der Waals surface area contributed by atoms with Crippen LogP contribution in [0.5, 0.6) is 0 Å². The van der Waals surface area contributed by atoms with Crippen LogP contribution in [0.2, 0.25) is 0 Å². The Hall–Kier alpha value is -2.21. The summed E-state index contributed by atoms with van der Waals surface area (Å²) in [6.45, 7) is 3.74. The summed E-state index contributed by atoms with van der Waals surface area (Å²) in [5.41, 5.74) is 1.82. The van der Waals surface area contributed by atoms with E-state index in [-0.39, 0.29) is 0 Å². The maximum absolute atomic E-state index is 12.3. The fourth-order valence-corrected chi connectivity index (χ4v) is 2.96. The molecule has 0 radical (unpaired) electrons. The Morgan fingerprint density at radius 2 is 2.13 bits per heavy atom. The number of nitrogens with zero attached hydrogens (tertiary/aromatic N) is 1. The zero-order chi connectivity index (χ0) is 16.8. The lowest BCUT2D eigenvalue weighted by atomic mass is 10.1. The normalized spacial score (nSPS) is 11.9. The van der Waals surface area contributed by atoms with Gasteiger partial charge in [-0.15, -0.1) is 11.3 Å². The molecule has 0 spiro atoms. The number of pyridine rings is 1. The van der Waals surface area contributed by atoms with Crippen LogP contribution in [-0.2, 0) is 4.79 Å². The molecule has 0 aromatic carbocycles. The van der Waals surface area contributed by atoms with Crippen LogP contribution in [0.3, 0.4) is 0 Å². The lowest BCUT2D eigenvalue weighted by Gasteiger charge is -2.15. The first-order valence-electron chi connectivity index (χ1n) is 7.58. The average molecular weight is 332 g/mol. The summed E-state index contributed by atoms with van der Waals surface area (Å²) < 4.78 is 0. The minimum atomic E-state index is -1.01. The van der Waals surface area contributed by atoms with Crippen molar-refractivity contribution in [1.82, 2.24) is 10.3 Å². The fraction of sp³-hybridized carbons (Fsp3) is 0.353. The van der Waals surface area contributed by atoms with Crippen LogP contribution in [0.15, 0.2) is 29.6 Å². The number of hydrogen-bond donors (Lipinski definition) is 2. The Bertz CT molecular complexity index is 683. The molecule has 122 valence electrons. The zero-order valence-corrected chi connectivity index (χ0v) is 14.0. The summed E-state index contributed by atoms with van der Waals surface area (Å²) >= 11 is 1.58. The number of unbranched alkanes of at least 4 members (excludes halogenated alkanes) is 1. The lowest BCUT2D eigenvalue weighted by molar-refractivity contribution is -0.139. The van der Waals surface area contributed by atoms with Crippen molar-refractivity contribution in [2.75, 3.05) is 0 Å². The van der Waals surface area contributed by atoms with Gasteiger partial charge in [0.15, 0.2) is 0 Å². The Morgan fingerprint density at radius 1 is 1.35 bits per heavy atom. The molecule has 2 N–H and O–H groups in total. The number of carboxylic acid groups (broad SMARTS) is 1. The first-order valence-corrected chi connectivity index (χ1v) is 8.46. The smallest absolute Gasteiger partial charge is 0.326 e. The molecule has 0 aliphatic rings. The highest BCUT2D eigenvalue weighted by Gasteiger charge is 2.21. The van der Waals surface area contributed by atoms with Crippen molar-refractivity contribution in [3.05, 3.63) is 40.9 Å². The van der Waals surface area contributed by atoms with E-state index in [0.29, 0.717) is 17.7 Å². The van der Waals surface area contributed by atoms with Crippen molar-refractivity contribution in [2.24, 2.45) is 0 Å². The highest BCUT2D eigenvalue weighted by Crippen LogP contribution is 2.23. The third-order valence-corrected chi connectivity index (χ3v) is 4.45. The van der Waals surface area contributed by atoms with Crippen molar-refractivity contribution >= 4 is 23.2 Å². The molecule has 0 aliphatic carbocycles. The van der Waals surface area contributed by atoms with E-state index in [1.165, 1.54) is 0 Å². The molecule has 23 heavy (non-hydrogen) atoms. The van der Waals surface area contributed by atoms with Crippen LogP contribution >= 0.6 is 11.3 Å². The van der Waals surface area contributed by atoms with Gasteiger partial charge in [-0.3, -0.25) is 9.78 Å². The molecule has 2 rings (SSSR count). The van der Waals surface area contributed by atoms with Crippen LogP contribution in [-0.4, -0.2) is 28.0 Å².